The van der Waals surface area contributed by atoms with Gasteiger partial charge in [-0.05, 0) is 66.5 Å². The lowest BCUT2D eigenvalue weighted by Gasteiger charge is -2.23. The maximum atomic E-state index is 8.81. The van der Waals surface area contributed by atoms with Crippen LogP contribution in [0.2, 0.25) is 0 Å². The van der Waals surface area contributed by atoms with E-state index in [1.54, 1.807) is 0 Å². The van der Waals surface area contributed by atoms with Gasteiger partial charge in [0, 0.05) is 23.3 Å². The highest BCUT2D eigenvalue weighted by atomic mass is 79.9. The minimum absolute atomic E-state index is 0.429. The monoisotopic (exact) mass is 337 g/mol. The summed E-state index contributed by atoms with van der Waals surface area (Å²) in [6, 6.07) is 7.70. The Morgan fingerprint density at radius 3 is 2.90 bits per heavy atom. The van der Waals surface area contributed by atoms with Crippen LogP contribution in [-0.2, 0) is 4.74 Å². The molecule has 0 bridgehead atoms. The number of rotatable bonds is 6. The van der Waals surface area contributed by atoms with Crippen LogP contribution < -0.4 is 10.6 Å². The lowest BCUT2D eigenvalue weighted by atomic mass is 10.1. The third-order valence-electron chi connectivity index (χ3n) is 3.37. The van der Waals surface area contributed by atoms with Crippen molar-refractivity contribution in [3.63, 3.8) is 0 Å². The summed E-state index contributed by atoms with van der Waals surface area (Å²) in [5.74, 6) is 0. The quantitative estimate of drug-likeness (QED) is 0.783. The van der Waals surface area contributed by atoms with Crippen LogP contribution in [-0.4, -0.2) is 32.3 Å². The highest BCUT2D eigenvalue weighted by Crippen LogP contribution is 2.23. The number of benzene rings is 1. The molecule has 1 aromatic rings. The molecule has 1 saturated heterocycles. The smallest absolute Gasteiger partial charge is 0.0992 e. The molecular formula is C15H20BrN3O. The molecule has 0 radical (unpaired) electrons. The molecule has 0 spiro atoms. The van der Waals surface area contributed by atoms with Crippen LogP contribution in [0.5, 0.6) is 0 Å². The number of nitrogens with zero attached hydrogens (tertiary/aromatic N) is 1. The van der Waals surface area contributed by atoms with Crippen LogP contribution in [0.4, 0.5) is 5.69 Å². The Balaban J connectivity index is 1.64. The summed E-state index contributed by atoms with van der Waals surface area (Å²) in [5.41, 5.74) is 1.68. The molecule has 0 unspecified atom stereocenters. The van der Waals surface area contributed by atoms with E-state index in [0.29, 0.717) is 11.7 Å². The molecule has 108 valence electrons. The van der Waals surface area contributed by atoms with Crippen LogP contribution in [0.25, 0.3) is 0 Å². The summed E-state index contributed by atoms with van der Waals surface area (Å²) in [6.07, 6.45) is 3.65. The lowest BCUT2D eigenvalue weighted by molar-refractivity contribution is 0.0329. The van der Waals surface area contributed by atoms with Crippen molar-refractivity contribution in [3.8, 4) is 6.07 Å². The van der Waals surface area contributed by atoms with E-state index in [9.17, 15) is 0 Å². The number of hydrogen-bond donors (Lipinski definition) is 2. The molecule has 2 N–H and O–H groups in total. The van der Waals surface area contributed by atoms with Crippen LogP contribution in [0, 0.1) is 11.3 Å². The molecule has 0 aliphatic carbocycles. The fraction of sp³-hybridized carbons (Fsp3) is 0.533. The van der Waals surface area contributed by atoms with Gasteiger partial charge in [-0.2, -0.15) is 5.26 Å². The van der Waals surface area contributed by atoms with Gasteiger partial charge >= 0.3 is 0 Å². The molecule has 2 rings (SSSR count). The van der Waals surface area contributed by atoms with E-state index in [1.807, 2.05) is 18.2 Å². The van der Waals surface area contributed by atoms with Gasteiger partial charge in [0.25, 0.3) is 0 Å². The Labute approximate surface area is 128 Å². The summed E-state index contributed by atoms with van der Waals surface area (Å²) < 4.78 is 6.78. The summed E-state index contributed by atoms with van der Waals surface area (Å²) in [7, 11) is 0. The molecule has 0 aromatic heterocycles. The van der Waals surface area contributed by atoms with Crippen molar-refractivity contribution in [2.75, 3.05) is 31.6 Å². The molecule has 0 amide bonds. The Hall–Kier alpha value is -1.09. The fourth-order valence-electron chi connectivity index (χ4n) is 2.24. The summed E-state index contributed by atoms with van der Waals surface area (Å²) in [6.45, 7) is 3.81. The normalized spacial score (nSPS) is 15.8. The maximum Gasteiger partial charge on any atom is 0.0992 e. The number of nitrogens with one attached hydrogen (secondary N) is 2. The topological polar surface area (TPSA) is 57.1 Å². The molecular weight excluding hydrogens is 318 g/mol. The van der Waals surface area contributed by atoms with E-state index in [-0.39, 0.29) is 0 Å². The van der Waals surface area contributed by atoms with E-state index in [4.69, 9.17) is 10.00 Å². The second kappa shape index (κ2) is 8.25. The standard InChI is InChI=1S/C15H20BrN3O/c16-14-10-12(11-17)2-3-15(14)19-6-1-9-20-13-4-7-18-8-5-13/h2-3,10,13,18-19H,1,4-9H2. The third kappa shape index (κ3) is 4.78. The van der Waals surface area contributed by atoms with Crippen LogP contribution in [0.15, 0.2) is 22.7 Å². The average Bonchev–Trinajstić information content (AvgIpc) is 2.49. The zero-order chi connectivity index (χ0) is 14.2. The highest BCUT2D eigenvalue weighted by molar-refractivity contribution is 9.10. The predicted molar refractivity (Wildman–Crippen MR) is 83.8 cm³/mol. The molecule has 1 aromatic carbocycles. The van der Waals surface area contributed by atoms with Gasteiger partial charge in [-0.1, -0.05) is 0 Å². The van der Waals surface area contributed by atoms with Gasteiger partial charge < -0.3 is 15.4 Å². The third-order valence-corrected chi connectivity index (χ3v) is 4.03. The first-order valence-electron chi connectivity index (χ1n) is 7.05. The van der Waals surface area contributed by atoms with E-state index >= 15 is 0 Å². The Bertz CT molecular complexity index is 467. The van der Waals surface area contributed by atoms with Crippen molar-refractivity contribution in [1.29, 1.82) is 5.26 Å². The number of piperidine rings is 1. The highest BCUT2D eigenvalue weighted by Gasteiger charge is 2.12. The van der Waals surface area contributed by atoms with Crippen molar-refractivity contribution in [3.05, 3.63) is 28.2 Å². The van der Waals surface area contributed by atoms with Gasteiger partial charge in [0.05, 0.1) is 17.7 Å². The van der Waals surface area contributed by atoms with Gasteiger partial charge in [-0.15, -0.1) is 0 Å². The minimum Gasteiger partial charge on any atom is -0.384 e. The number of hydrogen-bond acceptors (Lipinski definition) is 4. The van der Waals surface area contributed by atoms with Gasteiger partial charge in [-0.25, -0.2) is 0 Å². The molecule has 0 saturated carbocycles. The van der Waals surface area contributed by atoms with Crippen molar-refractivity contribution in [1.82, 2.24) is 5.32 Å². The Morgan fingerprint density at radius 1 is 1.40 bits per heavy atom. The molecule has 5 heteroatoms. The largest absolute Gasteiger partial charge is 0.384 e. The van der Waals surface area contributed by atoms with E-state index in [0.717, 1.165) is 55.7 Å². The predicted octanol–water partition coefficient (Wildman–Crippen LogP) is 2.89. The van der Waals surface area contributed by atoms with Crippen molar-refractivity contribution < 1.29 is 4.74 Å². The van der Waals surface area contributed by atoms with Crippen LogP contribution in [0.1, 0.15) is 24.8 Å². The molecule has 0 atom stereocenters. The Morgan fingerprint density at radius 2 is 2.20 bits per heavy atom. The molecule has 1 heterocycles. The second-order valence-electron chi connectivity index (χ2n) is 4.91. The number of anilines is 1. The average molecular weight is 338 g/mol. The molecule has 1 fully saturated rings. The van der Waals surface area contributed by atoms with Gasteiger partial charge in [0.2, 0.25) is 0 Å². The van der Waals surface area contributed by atoms with Crippen molar-refractivity contribution in [2.24, 2.45) is 0 Å². The first kappa shape index (κ1) is 15.3. The number of nitriles is 1. The molecule has 4 nitrogen and oxygen atoms in total. The van der Waals surface area contributed by atoms with E-state index in [2.05, 4.69) is 32.6 Å². The van der Waals surface area contributed by atoms with Crippen molar-refractivity contribution >= 4 is 21.6 Å². The maximum absolute atomic E-state index is 8.81. The van der Waals surface area contributed by atoms with E-state index < -0.39 is 0 Å². The zero-order valence-corrected chi connectivity index (χ0v) is 13.1. The Kier molecular flexibility index (Phi) is 6.31. The van der Waals surface area contributed by atoms with Crippen molar-refractivity contribution in [2.45, 2.75) is 25.4 Å². The van der Waals surface area contributed by atoms with Gasteiger partial charge in [0.1, 0.15) is 0 Å². The summed E-state index contributed by atoms with van der Waals surface area (Å²) in [4.78, 5) is 0. The van der Waals surface area contributed by atoms with Crippen LogP contribution in [0.3, 0.4) is 0 Å². The fourth-order valence-corrected chi connectivity index (χ4v) is 2.75. The first-order chi connectivity index (χ1) is 9.79. The number of ether oxygens (including phenoxy) is 1. The lowest BCUT2D eigenvalue weighted by Crippen LogP contribution is -2.32. The number of halogens is 1. The zero-order valence-electron chi connectivity index (χ0n) is 11.5. The first-order valence-corrected chi connectivity index (χ1v) is 7.85. The molecule has 20 heavy (non-hydrogen) atoms. The van der Waals surface area contributed by atoms with Gasteiger partial charge in [-0.3, -0.25) is 0 Å². The molecule has 1 aliphatic rings. The summed E-state index contributed by atoms with van der Waals surface area (Å²) >= 11 is 3.47. The van der Waals surface area contributed by atoms with Gasteiger partial charge in [0.15, 0.2) is 0 Å². The second-order valence-corrected chi connectivity index (χ2v) is 5.76. The minimum atomic E-state index is 0.429. The van der Waals surface area contributed by atoms with Crippen LogP contribution >= 0.6 is 15.9 Å². The summed E-state index contributed by atoms with van der Waals surface area (Å²) in [5, 5.41) is 15.5. The molecule has 1 aliphatic heterocycles. The van der Waals surface area contributed by atoms with E-state index in [1.165, 1.54) is 0 Å². The SMILES string of the molecule is N#Cc1ccc(NCCCOC2CCNCC2)c(Br)c1.